The monoisotopic (exact) mass is 388 g/mol. The number of phenolic OH excluding ortho intramolecular Hbond substituents is 3. The number of ether oxygens (including phenoxy) is 1. The van der Waals surface area contributed by atoms with Gasteiger partial charge in [-0.2, -0.15) is 0 Å². The van der Waals surface area contributed by atoms with E-state index in [4.69, 9.17) is 4.74 Å². The van der Waals surface area contributed by atoms with Crippen LogP contribution in [-0.2, 0) is 21.4 Å². The summed E-state index contributed by atoms with van der Waals surface area (Å²) in [6.07, 6.45) is 3.15. The summed E-state index contributed by atoms with van der Waals surface area (Å²) in [7, 11) is 0. The van der Waals surface area contributed by atoms with Gasteiger partial charge in [-0.3, -0.25) is 9.59 Å². The van der Waals surface area contributed by atoms with E-state index in [1.807, 2.05) is 0 Å². The SMILES string of the molecule is C=CCc1c(O)c(O)c2c(c1O)C(=O)C(O)=C1[C@@](C)(COC=O)CCC[C@@]12C. The number of carbonyl (C=O) groups excluding carboxylic acids is 2. The van der Waals surface area contributed by atoms with Crippen molar-refractivity contribution < 1.29 is 34.8 Å². The first-order valence-corrected chi connectivity index (χ1v) is 9.09. The van der Waals surface area contributed by atoms with Crippen molar-refractivity contribution in [2.75, 3.05) is 6.61 Å². The molecule has 1 aromatic rings. The highest BCUT2D eigenvalue weighted by Gasteiger charge is 2.55. The molecule has 1 aromatic carbocycles. The minimum atomic E-state index is -1.03. The molecule has 4 N–H and O–H groups in total. The van der Waals surface area contributed by atoms with Crippen LogP contribution in [0.2, 0.25) is 0 Å². The lowest BCUT2D eigenvalue weighted by Crippen LogP contribution is -2.46. The Labute approximate surface area is 162 Å². The summed E-state index contributed by atoms with van der Waals surface area (Å²) >= 11 is 0. The van der Waals surface area contributed by atoms with E-state index in [9.17, 15) is 30.0 Å². The minimum Gasteiger partial charge on any atom is -0.507 e. The Bertz CT molecular complexity index is 914. The van der Waals surface area contributed by atoms with Crippen molar-refractivity contribution in [3.05, 3.63) is 40.7 Å². The van der Waals surface area contributed by atoms with Crippen LogP contribution >= 0.6 is 0 Å². The molecule has 1 saturated carbocycles. The molecular weight excluding hydrogens is 364 g/mol. The number of ketones is 1. The predicted octanol–water partition coefficient (Wildman–Crippen LogP) is 3.16. The predicted molar refractivity (Wildman–Crippen MR) is 101 cm³/mol. The molecule has 0 saturated heterocycles. The quantitative estimate of drug-likeness (QED) is 0.264. The third-order valence-corrected chi connectivity index (χ3v) is 6.13. The Kier molecular flexibility index (Phi) is 4.65. The molecule has 7 nitrogen and oxygen atoms in total. The molecule has 28 heavy (non-hydrogen) atoms. The number of aromatic hydroxyl groups is 3. The highest BCUT2D eigenvalue weighted by Crippen LogP contribution is 2.61. The first kappa shape index (κ1) is 19.8. The van der Waals surface area contributed by atoms with E-state index in [-0.39, 0.29) is 29.7 Å². The summed E-state index contributed by atoms with van der Waals surface area (Å²) in [5.74, 6) is -2.83. The van der Waals surface area contributed by atoms with Crippen molar-refractivity contribution in [1.29, 1.82) is 0 Å². The number of benzene rings is 1. The molecule has 2 aliphatic carbocycles. The lowest BCUT2D eigenvalue weighted by Gasteiger charge is -2.49. The minimum absolute atomic E-state index is 0.0256. The second-order valence-corrected chi connectivity index (χ2v) is 7.97. The summed E-state index contributed by atoms with van der Waals surface area (Å²) in [5, 5.41) is 42.8. The van der Waals surface area contributed by atoms with Crippen LogP contribution in [-0.4, -0.2) is 39.3 Å². The van der Waals surface area contributed by atoms with Crippen molar-refractivity contribution in [3.63, 3.8) is 0 Å². The van der Waals surface area contributed by atoms with E-state index in [2.05, 4.69) is 6.58 Å². The maximum atomic E-state index is 13.0. The number of aliphatic hydroxyl groups is 1. The first-order chi connectivity index (χ1) is 13.1. The van der Waals surface area contributed by atoms with Crippen molar-refractivity contribution in [1.82, 2.24) is 0 Å². The van der Waals surface area contributed by atoms with Crippen LogP contribution in [0.3, 0.4) is 0 Å². The van der Waals surface area contributed by atoms with Crippen LogP contribution in [0.5, 0.6) is 17.2 Å². The summed E-state index contributed by atoms with van der Waals surface area (Å²) in [5.41, 5.74) is -1.67. The number of rotatable bonds is 5. The molecule has 3 rings (SSSR count). The van der Waals surface area contributed by atoms with Gasteiger partial charge in [0.25, 0.3) is 6.47 Å². The van der Waals surface area contributed by atoms with Crippen LogP contribution in [0.15, 0.2) is 24.0 Å². The fraction of sp³-hybridized carbons (Fsp3) is 0.429. The summed E-state index contributed by atoms with van der Waals surface area (Å²) in [6.45, 7) is 7.34. The third kappa shape index (κ3) is 2.49. The molecule has 0 spiro atoms. The average Bonchev–Trinajstić information content (AvgIpc) is 2.64. The van der Waals surface area contributed by atoms with Gasteiger partial charge in [0.15, 0.2) is 17.3 Å². The number of phenols is 3. The van der Waals surface area contributed by atoms with Gasteiger partial charge in [-0.1, -0.05) is 26.3 Å². The number of allylic oxidation sites excluding steroid dienone is 2. The second kappa shape index (κ2) is 6.58. The Morgan fingerprint density at radius 3 is 2.39 bits per heavy atom. The smallest absolute Gasteiger partial charge is 0.293 e. The van der Waals surface area contributed by atoms with E-state index in [1.165, 1.54) is 6.08 Å². The largest absolute Gasteiger partial charge is 0.507 e. The van der Waals surface area contributed by atoms with Gasteiger partial charge in [0.1, 0.15) is 12.4 Å². The maximum Gasteiger partial charge on any atom is 0.293 e. The van der Waals surface area contributed by atoms with Gasteiger partial charge in [-0.25, -0.2) is 0 Å². The number of aliphatic hydroxyl groups excluding tert-OH is 1. The van der Waals surface area contributed by atoms with Crippen molar-refractivity contribution in [2.45, 2.75) is 44.9 Å². The van der Waals surface area contributed by atoms with Gasteiger partial charge in [0, 0.05) is 22.0 Å². The molecular formula is C21H24O7. The third-order valence-electron chi connectivity index (χ3n) is 6.13. The van der Waals surface area contributed by atoms with Crippen LogP contribution in [0, 0.1) is 5.41 Å². The van der Waals surface area contributed by atoms with Gasteiger partial charge in [0.05, 0.1) is 5.56 Å². The van der Waals surface area contributed by atoms with Crippen LogP contribution in [0.4, 0.5) is 0 Å². The van der Waals surface area contributed by atoms with Gasteiger partial charge in [0.2, 0.25) is 5.78 Å². The first-order valence-electron chi connectivity index (χ1n) is 9.09. The second-order valence-electron chi connectivity index (χ2n) is 7.97. The Morgan fingerprint density at radius 1 is 1.11 bits per heavy atom. The molecule has 0 bridgehead atoms. The van der Waals surface area contributed by atoms with Crippen molar-refractivity contribution >= 4 is 12.3 Å². The molecule has 0 radical (unpaired) electrons. The van der Waals surface area contributed by atoms with E-state index in [0.717, 1.165) is 0 Å². The number of carbonyl (C=O) groups is 2. The molecule has 0 heterocycles. The van der Waals surface area contributed by atoms with Gasteiger partial charge in [-0.05, 0) is 24.8 Å². The highest BCUT2D eigenvalue weighted by molar-refractivity contribution is 6.13. The fourth-order valence-electron chi connectivity index (χ4n) is 5.00. The topological polar surface area (TPSA) is 124 Å². The molecule has 0 aliphatic heterocycles. The number of fused-ring (bicyclic) bond motifs is 3. The highest BCUT2D eigenvalue weighted by atomic mass is 16.5. The van der Waals surface area contributed by atoms with Crippen LogP contribution < -0.4 is 0 Å². The normalized spacial score (nSPS) is 26.4. The summed E-state index contributed by atoms with van der Waals surface area (Å²) in [4.78, 5) is 23.8. The van der Waals surface area contributed by atoms with Crippen LogP contribution in [0.1, 0.15) is 54.6 Å². The fourth-order valence-corrected chi connectivity index (χ4v) is 5.00. The van der Waals surface area contributed by atoms with E-state index in [0.29, 0.717) is 31.3 Å². The molecule has 0 unspecified atom stereocenters. The summed E-state index contributed by atoms with van der Waals surface area (Å²) < 4.78 is 4.96. The van der Waals surface area contributed by atoms with Gasteiger partial charge < -0.3 is 25.2 Å². The number of hydrogen-bond donors (Lipinski definition) is 4. The zero-order chi connectivity index (χ0) is 20.9. The molecule has 0 aromatic heterocycles. The lowest BCUT2D eigenvalue weighted by molar-refractivity contribution is -0.131. The van der Waals surface area contributed by atoms with Crippen LogP contribution in [0.25, 0.3) is 0 Å². The molecule has 1 fully saturated rings. The Hall–Kier alpha value is -2.96. The zero-order valence-corrected chi connectivity index (χ0v) is 15.9. The number of Topliss-reactive ketones (excluding diaryl/α,β-unsaturated/α-hetero) is 1. The maximum absolute atomic E-state index is 13.0. The molecule has 2 aliphatic rings. The van der Waals surface area contributed by atoms with Crippen molar-refractivity contribution in [3.8, 4) is 17.2 Å². The molecule has 0 amide bonds. The number of hydrogen-bond acceptors (Lipinski definition) is 7. The molecule has 150 valence electrons. The zero-order valence-electron chi connectivity index (χ0n) is 15.9. The average molecular weight is 388 g/mol. The Balaban J connectivity index is 2.35. The van der Waals surface area contributed by atoms with Crippen molar-refractivity contribution in [2.24, 2.45) is 5.41 Å². The lowest BCUT2D eigenvalue weighted by atomic mass is 9.54. The molecule has 7 heteroatoms. The van der Waals surface area contributed by atoms with E-state index in [1.54, 1.807) is 13.8 Å². The molecule has 2 atom stereocenters. The van der Waals surface area contributed by atoms with E-state index >= 15 is 0 Å². The summed E-state index contributed by atoms with van der Waals surface area (Å²) in [6, 6.07) is 0. The van der Waals surface area contributed by atoms with E-state index < -0.39 is 39.6 Å². The standard InChI is InChI=1S/C21H24O7/c1-4-6-11-14(23)12-13(17(26)15(11)24)21(3)8-5-7-20(2,9-28-10-22)19(21)18(27)16(12)25/h4,10,23-24,26-27H,1,5-9H2,2-3H3/t20-,21-/m1/s1. The van der Waals surface area contributed by atoms with Gasteiger partial charge >= 0.3 is 0 Å². The Morgan fingerprint density at radius 2 is 1.79 bits per heavy atom. The van der Waals surface area contributed by atoms with Gasteiger partial charge in [-0.15, -0.1) is 6.58 Å².